The summed E-state index contributed by atoms with van der Waals surface area (Å²) in [4.78, 5) is 0. The fraction of sp³-hybridized carbons (Fsp3) is 1.00. The van der Waals surface area contributed by atoms with Crippen molar-refractivity contribution in [2.24, 2.45) is 11.8 Å². The molecule has 2 saturated carbocycles. The molecule has 3 saturated heterocycles. The maximum Gasteiger partial charge on any atom is 0.187 e. The van der Waals surface area contributed by atoms with Crippen molar-refractivity contribution in [3.63, 3.8) is 0 Å². The summed E-state index contributed by atoms with van der Waals surface area (Å²) in [6.07, 6.45) is -23.1. The predicted octanol–water partition coefficient (Wildman–Crippen LogP) is -6.22. The number of hydrogen-bond acceptors (Lipinski definition) is 17. The van der Waals surface area contributed by atoms with Gasteiger partial charge in [0.1, 0.15) is 54.9 Å². The van der Waals surface area contributed by atoms with Gasteiger partial charge in [0.05, 0.1) is 55.9 Å². The summed E-state index contributed by atoms with van der Waals surface area (Å²) in [5, 5.41) is 123. The van der Waals surface area contributed by atoms with Gasteiger partial charge in [0, 0.05) is 18.8 Å². The van der Waals surface area contributed by atoms with E-state index in [0.717, 1.165) is 0 Å². The largest absolute Gasteiger partial charge is 0.394 e. The standard InChI is InChI=1S/C27H46O17/c28-6-16-19(34)21(36)23(38)26(43-16)40-9-3-11(30)10-5-15(42-27-24(39)22(37)20(35)17(7-29)44-27)25(41-14(10)4-9)8-1-12(31)18(33)13(32)2-8/h8-39H,1-7H2/t8?,9?,10?,11?,12?,13?,14?,15?,16-,17+,18?,19-,20+,21+,22-,23-,24+,25?,26-,27+/m1/s1. The summed E-state index contributed by atoms with van der Waals surface area (Å²) >= 11 is 0. The highest BCUT2D eigenvalue weighted by atomic mass is 16.7. The van der Waals surface area contributed by atoms with E-state index in [9.17, 15) is 61.3 Å². The molecule has 8 unspecified atom stereocenters. The van der Waals surface area contributed by atoms with Crippen LogP contribution in [0.5, 0.6) is 0 Å². The first-order valence-electron chi connectivity index (χ1n) is 15.1. The molecule has 5 rings (SSSR count). The van der Waals surface area contributed by atoms with Crippen molar-refractivity contribution in [3.8, 4) is 0 Å². The molecule has 256 valence electrons. The molecule has 0 aromatic carbocycles. The molecule has 2 aliphatic carbocycles. The summed E-state index contributed by atoms with van der Waals surface area (Å²) in [6, 6.07) is 0. The van der Waals surface area contributed by atoms with Crippen LogP contribution in [0.1, 0.15) is 32.1 Å². The third-order valence-electron chi connectivity index (χ3n) is 9.85. The Kier molecular flexibility index (Phi) is 11.2. The second-order valence-corrected chi connectivity index (χ2v) is 12.8. The van der Waals surface area contributed by atoms with E-state index in [1.807, 2.05) is 0 Å². The SMILES string of the molecule is OC[C@@H]1O[C@H](OC2CC3C(O)CC(O[C@@H]4O[C@H](CO)[C@@H](O)[C@H](O)[C@H]4O)CC3OC2C2CC(O)C(O)C(O)C2)[C@@H](O)[C@H](O)[C@H]1O. The molecule has 0 bridgehead atoms. The minimum absolute atomic E-state index is 0.0160. The summed E-state index contributed by atoms with van der Waals surface area (Å²) in [5.74, 6) is -1.14. The van der Waals surface area contributed by atoms with Crippen molar-refractivity contribution in [3.05, 3.63) is 0 Å². The topological polar surface area (TPSA) is 289 Å². The predicted molar refractivity (Wildman–Crippen MR) is 140 cm³/mol. The molecule has 44 heavy (non-hydrogen) atoms. The first kappa shape index (κ1) is 34.6. The van der Waals surface area contributed by atoms with Gasteiger partial charge in [0.15, 0.2) is 12.6 Å². The van der Waals surface area contributed by atoms with Gasteiger partial charge < -0.3 is 85.0 Å². The third kappa shape index (κ3) is 6.81. The second kappa shape index (κ2) is 14.2. The Morgan fingerprint density at radius 1 is 0.500 bits per heavy atom. The van der Waals surface area contributed by atoms with Crippen molar-refractivity contribution in [1.82, 2.24) is 0 Å². The number of fused-ring (bicyclic) bond motifs is 1. The van der Waals surface area contributed by atoms with Crippen molar-refractivity contribution in [1.29, 1.82) is 0 Å². The van der Waals surface area contributed by atoms with Crippen LogP contribution in [0.3, 0.4) is 0 Å². The molecule has 0 spiro atoms. The van der Waals surface area contributed by atoms with E-state index in [0.29, 0.717) is 0 Å². The Morgan fingerprint density at radius 2 is 1.02 bits per heavy atom. The van der Waals surface area contributed by atoms with Gasteiger partial charge in [-0.1, -0.05) is 0 Å². The van der Waals surface area contributed by atoms with Crippen molar-refractivity contribution in [2.75, 3.05) is 13.2 Å². The number of hydrogen-bond donors (Lipinski definition) is 12. The van der Waals surface area contributed by atoms with Crippen LogP contribution in [0, 0.1) is 11.8 Å². The van der Waals surface area contributed by atoms with Crippen molar-refractivity contribution in [2.45, 2.75) is 142 Å². The normalized spacial score (nSPS) is 55.4. The molecular weight excluding hydrogens is 596 g/mol. The van der Waals surface area contributed by atoms with Crippen LogP contribution in [0.15, 0.2) is 0 Å². The van der Waals surface area contributed by atoms with E-state index in [-0.39, 0.29) is 32.1 Å². The van der Waals surface area contributed by atoms with Gasteiger partial charge >= 0.3 is 0 Å². The highest BCUT2D eigenvalue weighted by Crippen LogP contribution is 2.44. The minimum Gasteiger partial charge on any atom is -0.394 e. The maximum atomic E-state index is 11.2. The van der Waals surface area contributed by atoms with Gasteiger partial charge in [-0.3, -0.25) is 0 Å². The fourth-order valence-electron chi connectivity index (χ4n) is 7.28. The van der Waals surface area contributed by atoms with Crippen molar-refractivity contribution < 1.29 is 85.0 Å². The molecule has 3 aliphatic heterocycles. The summed E-state index contributed by atoms with van der Waals surface area (Å²) in [5.41, 5.74) is 0. The monoisotopic (exact) mass is 642 g/mol. The maximum absolute atomic E-state index is 11.2. The van der Waals surface area contributed by atoms with E-state index in [2.05, 4.69) is 0 Å². The van der Waals surface area contributed by atoms with Crippen molar-refractivity contribution >= 4 is 0 Å². The van der Waals surface area contributed by atoms with E-state index >= 15 is 0 Å². The van der Waals surface area contributed by atoms with E-state index in [1.165, 1.54) is 0 Å². The summed E-state index contributed by atoms with van der Waals surface area (Å²) in [7, 11) is 0. The first-order valence-corrected chi connectivity index (χ1v) is 15.1. The van der Waals surface area contributed by atoms with Gasteiger partial charge in [-0.2, -0.15) is 0 Å². The third-order valence-corrected chi connectivity index (χ3v) is 9.85. The zero-order chi connectivity index (χ0) is 32.0. The van der Waals surface area contributed by atoms with Gasteiger partial charge in [-0.25, -0.2) is 0 Å². The first-order chi connectivity index (χ1) is 20.8. The summed E-state index contributed by atoms with van der Waals surface area (Å²) < 4.78 is 29.4. The molecule has 0 aromatic heterocycles. The average Bonchev–Trinajstić information content (AvgIpc) is 3.00. The zero-order valence-corrected chi connectivity index (χ0v) is 23.9. The molecule has 18 atom stereocenters. The Bertz CT molecular complexity index is 915. The number of ether oxygens (including phenoxy) is 5. The number of aliphatic hydroxyl groups excluding tert-OH is 12. The van der Waals surface area contributed by atoms with Crippen LogP contribution in [0.25, 0.3) is 0 Å². The zero-order valence-electron chi connectivity index (χ0n) is 23.9. The molecule has 0 radical (unpaired) electrons. The molecule has 5 aliphatic rings. The molecule has 0 aromatic rings. The molecule has 17 nitrogen and oxygen atoms in total. The summed E-state index contributed by atoms with van der Waals surface area (Å²) in [6.45, 7) is -1.31. The molecule has 3 heterocycles. The van der Waals surface area contributed by atoms with E-state index < -0.39 is 135 Å². The molecule has 17 heteroatoms. The molecule has 12 N–H and O–H groups in total. The average molecular weight is 643 g/mol. The lowest BCUT2D eigenvalue weighted by atomic mass is 9.72. The number of aliphatic hydroxyl groups is 12. The van der Waals surface area contributed by atoms with Crippen LogP contribution in [-0.4, -0.2) is 185 Å². The van der Waals surface area contributed by atoms with Gasteiger partial charge in [-0.05, 0) is 25.2 Å². The van der Waals surface area contributed by atoms with Gasteiger partial charge in [0.2, 0.25) is 0 Å². The fourth-order valence-corrected chi connectivity index (χ4v) is 7.28. The number of rotatable bonds is 7. The molecule has 0 amide bonds. The Morgan fingerprint density at radius 3 is 1.55 bits per heavy atom. The van der Waals surface area contributed by atoms with Gasteiger partial charge in [-0.15, -0.1) is 0 Å². The minimum atomic E-state index is -1.71. The smallest absolute Gasteiger partial charge is 0.187 e. The van der Waals surface area contributed by atoms with Crippen LogP contribution >= 0.6 is 0 Å². The Balaban J connectivity index is 1.33. The molecule has 5 fully saturated rings. The van der Waals surface area contributed by atoms with Gasteiger partial charge in [0.25, 0.3) is 0 Å². The van der Waals surface area contributed by atoms with Crippen LogP contribution in [0.4, 0.5) is 0 Å². The van der Waals surface area contributed by atoms with Crippen LogP contribution in [-0.2, 0) is 23.7 Å². The lowest BCUT2D eigenvalue weighted by molar-refractivity contribution is -0.339. The Hall–Kier alpha value is -0.680. The molecular formula is C27H46O17. The van der Waals surface area contributed by atoms with Crippen LogP contribution in [0.2, 0.25) is 0 Å². The Labute approximate surface area is 252 Å². The lowest BCUT2D eigenvalue weighted by Crippen LogP contribution is -2.63. The second-order valence-electron chi connectivity index (χ2n) is 12.8. The lowest BCUT2D eigenvalue weighted by Gasteiger charge is -2.52. The quantitative estimate of drug-likeness (QED) is 0.123. The highest BCUT2D eigenvalue weighted by Gasteiger charge is 2.54. The van der Waals surface area contributed by atoms with E-state index in [1.54, 1.807) is 0 Å². The van der Waals surface area contributed by atoms with Crippen LogP contribution < -0.4 is 0 Å². The van der Waals surface area contributed by atoms with E-state index in [4.69, 9.17) is 23.7 Å². The highest BCUT2D eigenvalue weighted by molar-refractivity contribution is 5.01.